The molecule has 0 aliphatic rings. The smallest absolute Gasteiger partial charge is 0.120 e. The van der Waals surface area contributed by atoms with Gasteiger partial charge >= 0.3 is 0 Å². The Balaban J connectivity index is 2.94. The summed E-state index contributed by atoms with van der Waals surface area (Å²) >= 11 is 6.04. The first-order valence-electron chi connectivity index (χ1n) is 4.49. The molecule has 0 atom stereocenters. The molecule has 14 heavy (non-hydrogen) atoms. The minimum atomic E-state index is 0.487. The second-order valence-corrected chi connectivity index (χ2v) is 3.28. The molecule has 76 valence electrons. The van der Waals surface area contributed by atoms with Crippen LogP contribution in [0.3, 0.4) is 0 Å². The van der Waals surface area contributed by atoms with Gasteiger partial charge in [-0.1, -0.05) is 24.2 Å². The van der Waals surface area contributed by atoms with Gasteiger partial charge in [-0.05, 0) is 24.6 Å². The summed E-state index contributed by atoms with van der Waals surface area (Å²) in [5.41, 5.74) is 7.32. The summed E-state index contributed by atoms with van der Waals surface area (Å²) < 4.78 is 5.27. The van der Waals surface area contributed by atoms with Crippen LogP contribution in [0.15, 0.2) is 24.8 Å². The van der Waals surface area contributed by atoms with Crippen LogP contribution in [0.25, 0.3) is 5.76 Å². The van der Waals surface area contributed by atoms with Gasteiger partial charge in [-0.3, -0.25) is 0 Å². The monoisotopic (exact) mass is 211 g/mol. The fourth-order valence-corrected chi connectivity index (χ4v) is 1.47. The van der Waals surface area contributed by atoms with Crippen LogP contribution in [-0.4, -0.2) is 6.61 Å². The van der Waals surface area contributed by atoms with E-state index in [1.165, 1.54) is 0 Å². The maximum Gasteiger partial charge on any atom is 0.120 e. The van der Waals surface area contributed by atoms with Gasteiger partial charge in [0, 0.05) is 12.1 Å². The summed E-state index contributed by atoms with van der Waals surface area (Å²) in [6.45, 7) is 6.78. The fraction of sp³-hybridized carbons (Fsp3) is 0.273. The van der Waals surface area contributed by atoms with E-state index in [0.29, 0.717) is 23.9 Å². The van der Waals surface area contributed by atoms with Gasteiger partial charge in [-0.2, -0.15) is 0 Å². The summed E-state index contributed by atoms with van der Waals surface area (Å²) in [6, 6.07) is 5.63. The minimum absolute atomic E-state index is 0.487. The van der Waals surface area contributed by atoms with E-state index in [0.717, 1.165) is 11.1 Å². The molecule has 0 amide bonds. The maximum absolute atomic E-state index is 6.04. The van der Waals surface area contributed by atoms with Crippen LogP contribution in [0.5, 0.6) is 0 Å². The van der Waals surface area contributed by atoms with Gasteiger partial charge in [0.15, 0.2) is 0 Å². The van der Waals surface area contributed by atoms with Crippen LogP contribution in [0, 0.1) is 0 Å². The number of hydrogen-bond acceptors (Lipinski definition) is 2. The highest BCUT2D eigenvalue weighted by Crippen LogP contribution is 2.24. The Morgan fingerprint density at radius 3 is 2.79 bits per heavy atom. The van der Waals surface area contributed by atoms with Crippen molar-refractivity contribution in [3.8, 4) is 0 Å². The van der Waals surface area contributed by atoms with Crippen LogP contribution >= 0.6 is 11.6 Å². The third-order valence-electron chi connectivity index (χ3n) is 1.89. The lowest BCUT2D eigenvalue weighted by atomic mass is 10.1. The summed E-state index contributed by atoms with van der Waals surface area (Å²) in [6.07, 6.45) is 0. The number of hydrogen-bond donors (Lipinski definition) is 1. The van der Waals surface area contributed by atoms with E-state index in [1.807, 2.05) is 25.1 Å². The van der Waals surface area contributed by atoms with Crippen LogP contribution < -0.4 is 5.73 Å². The Labute approximate surface area is 89.3 Å². The molecule has 0 bridgehead atoms. The van der Waals surface area contributed by atoms with Gasteiger partial charge < -0.3 is 10.5 Å². The van der Waals surface area contributed by atoms with E-state index in [-0.39, 0.29) is 0 Å². The average molecular weight is 212 g/mol. The Bertz CT molecular complexity index is 336. The molecule has 0 fully saturated rings. The van der Waals surface area contributed by atoms with Crippen molar-refractivity contribution in [3.05, 3.63) is 40.9 Å². The molecule has 0 aromatic heterocycles. The molecule has 0 aliphatic carbocycles. The van der Waals surface area contributed by atoms with Crippen LogP contribution in [0.4, 0.5) is 0 Å². The molecule has 3 heteroatoms. The molecule has 0 saturated carbocycles. The number of halogens is 1. The van der Waals surface area contributed by atoms with E-state index in [9.17, 15) is 0 Å². The fourth-order valence-electron chi connectivity index (χ4n) is 1.16. The summed E-state index contributed by atoms with van der Waals surface area (Å²) in [4.78, 5) is 0. The first-order valence-corrected chi connectivity index (χ1v) is 4.87. The number of nitrogens with two attached hydrogens (primary N) is 1. The Morgan fingerprint density at radius 1 is 1.57 bits per heavy atom. The molecule has 2 nitrogen and oxygen atoms in total. The molecule has 0 saturated heterocycles. The van der Waals surface area contributed by atoms with E-state index < -0.39 is 0 Å². The minimum Gasteiger partial charge on any atom is -0.494 e. The largest absolute Gasteiger partial charge is 0.494 e. The molecule has 2 N–H and O–H groups in total. The van der Waals surface area contributed by atoms with E-state index >= 15 is 0 Å². The number of benzene rings is 1. The number of ether oxygens (including phenoxy) is 1. The molecule has 0 unspecified atom stereocenters. The van der Waals surface area contributed by atoms with Gasteiger partial charge in [-0.15, -0.1) is 0 Å². The van der Waals surface area contributed by atoms with Gasteiger partial charge in [0.1, 0.15) is 5.76 Å². The highest BCUT2D eigenvalue weighted by atomic mass is 35.5. The lowest BCUT2D eigenvalue weighted by Crippen LogP contribution is -1.97. The molecular formula is C11H14ClNO. The van der Waals surface area contributed by atoms with Crippen molar-refractivity contribution in [1.82, 2.24) is 0 Å². The molecule has 0 radical (unpaired) electrons. The van der Waals surface area contributed by atoms with Crippen molar-refractivity contribution in [2.75, 3.05) is 6.61 Å². The van der Waals surface area contributed by atoms with E-state index in [1.54, 1.807) is 0 Å². The molecule has 0 spiro atoms. The molecule has 0 aliphatic heterocycles. The van der Waals surface area contributed by atoms with Crippen molar-refractivity contribution in [3.63, 3.8) is 0 Å². The van der Waals surface area contributed by atoms with Crippen molar-refractivity contribution < 1.29 is 4.74 Å². The van der Waals surface area contributed by atoms with Gasteiger partial charge in [0.2, 0.25) is 0 Å². The van der Waals surface area contributed by atoms with E-state index in [2.05, 4.69) is 6.58 Å². The first-order chi connectivity index (χ1) is 6.69. The second kappa shape index (κ2) is 5.03. The van der Waals surface area contributed by atoms with Gasteiger partial charge in [0.05, 0.1) is 11.6 Å². The topological polar surface area (TPSA) is 35.2 Å². The zero-order chi connectivity index (χ0) is 10.6. The second-order valence-electron chi connectivity index (χ2n) is 2.87. The molecule has 0 heterocycles. The first kappa shape index (κ1) is 11.1. The molecule has 1 aromatic rings. The van der Waals surface area contributed by atoms with E-state index in [4.69, 9.17) is 22.1 Å². The lowest BCUT2D eigenvalue weighted by Gasteiger charge is -2.09. The SMILES string of the molecule is C=C(OCC)c1ccc(CN)cc1Cl. The van der Waals surface area contributed by atoms with Crippen molar-refractivity contribution in [2.45, 2.75) is 13.5 Å². The quantitative estimate of drug-likeness (QED) is 0.778. The normalized spacial score (nSPS) is 9.93. The Hall–Kier alpha value is -0.990. The number of rotatable bonds is 4. The summed E-state index contributed by atoms with van der Waals surface area (Å²) in [7, 11) is 0. The highest BCUT2D eigenvalue weighted by molar-refractivity contribution is 6.32. The third-order valence-corrected chi connectivity index (χ3v) is 2.20. The van der Waals surface area contributed by atoms with Crippen molar-refractivity contribution >= 4 is 17.4 Å². The Morgan fingerprint density at radius 2 is 2.29 bits per heavy atom. The van der Waals surface area contributed by atoms with Crippen LogP contribution in [0.1, 0.15) is 18.1 Å². The molecule has 1 aromatic carbocycles. The van der Waals surface area contributed by atoms with Crippen LogP contribution in [-0.2, 0) is 11.3 Å². The predicted molar refractivity (Wildman–Crippen MR) is 60.0 cm³/mol. The maximum atomic E-state index is 6.04. The van der Waals surface area contributed by atoms with Crippen LogP contribution in [0.2, 0.25) is 5.02 Å². The van der Waals surface area contributed by atoms with Crippen molar-refractivity contribution in [2.24, 2.45) is 5.73 Å². The third kappa shape index (κ3) is 2.50. The van der Waals surface area contributed by atoms with Gasteiger partial charge in [-0.25, -0.2) is 0 Å². The predicted octanol–water partition coefficient (Wildman–Crippen LogP) is 2.81. The zero-order valence-corrected chi connectivity index (χ0v) is 8.97. The lowest BCUT2D eigenvalue weighted by molar-refractivity contribution is 0.299. The molecule has 1 rings (SSSR count). The standard InChI is InChI=1S/C11H14ClNO/c1-3-14-8(2)10-5-4-9(7-13)6-11(10)12/h4-6H,2-3,7,13H2,1H3. The summed E-state index contributed by atoms with van der Waals surface area (Å²) in [5.74, 6) is 0.598. The highest BCUT2D eigenvalue weighted by Gasteiger charge is 2.05. The zero-order valence-electron chi connectivity index (χ0n) is 8.22. The molecular weight excluding hydrogens is 198 g/mol. The average Bonchev–Trinajstić information content (AvgIpc) is 2.17. The van der Waals surface area contributed by atoms with Gasteiger partial charge in [0.25, 0.3) is 0 Å². The summed E-state index contributed by atoms with van der Waals surface area (Å²) in [5, 5.41) is 0.631. The van der Waals surface area contributed by atoms with Crippen molar-refractivity contribution in [1.29, 1.82) is 0 Å². The Kier molecular flexibility index (Phi) is 3.98.